The number of amides is 1. The van der Waals surface area contributed by atoms with Crippen LogP contribution in [0.4, 0.5) is 5.69 Å². The summed E-state index contributed by atoms with van der Waals surface area (Å²) >= 11 is 1.19. The number of rotatable bonds is 7. The number of nitrogens with one attached hydrogen (secondary N) is 1. The Hall–Kier alpha value is -3.59. The van der Waals surface area contributed by atoms with Crippen LogP contribution in [0, 0.1) is 0 Å². The quantitative estimate of drug-likeness (QED) is 0.257. The van der Waals surface area contributed by atoms with Crippen molar-refractivity contribution in [3.05, 3.63) is 64.4 Å². The first-order chi connectivity index (χ1) is 15.5. The van der Waals surface area contributed by atoms with E-state index in [1.54, 1.807) is 34.9 Å². The second kappa shape index (κ2) is 9.27. The van der Waals surface area contributed by atoms with Crippen molar-refractivity contribution in [2.75, 3.05) is 18.2 Å². The fourth-order valence-electron chi connectivity index (χ4n) is 3.32. The number of carbonyl (C=O) groups is 2. The van der Waals surface area contributed by atoms with Gasteiger partial charge in [0.2, 0.25) is 11.5 Å². The molecule has 0 unspecified atom stereocenters. The molecule has 1 amide bonds. The van der Waals surface area contributed by atoms with Gasteiger partial charge in [-0.15, -0.1) is 0 Å². The highest BCUT2D eigenvalue weighted by atomic mass is 32.2. The van der Waals surface area contributed by atoms with Crippen LogP contribution in [0.5, 0.6) is 0 Å². The third-order valence-corrected chi connectivity index (χ3v) is 5.79. The van der Waals surface area contributed by atoms with Gasteiger partial charge in [0.15, 0.2) is 5.16 Å². The van der Waals surface area contributed by atoms with Gasteiger partial charge in [-0.25, -0.2) is 9.78 Å². The maximum atomic E-state index is 13.0. The van der Waals surface area contributed by atoms with Crippen molar-refractivity contribution in [1.29, 1.82) is 0 Å². The molecule has 0 saturated carbocycles. The number of carbonyl (C=O) groups excluding carboxylic acids is 2. The van der Waals surface area contributed by atoms with E-state index >= 15 is 0 Å². The first kappa shape index (κ1) is 21.6. The van der Waals surface area contributed by atoms with E-state index in [2.05, 4.69) is 15.0 Å². The molecule has 9 heteroatoms. The zero-order valence-electron chi connectivity index (χ0n) is 17.6. The molecule has 1 N–H and O–H groups in total. The van der Waals surface area contributed by atoms with Gasteiger partial charge in [-0.1, -0.05) is 30.8 Å². The molecule has 0 atom stereocenters. The number of fused-ring (bicyclic) bond motifs is 3. The molecule has 0 aliphatic carbocycles. The molecule has 2 heterocycles. The van der Waals surface area contributed by atoms with Crippen LogP contribution in [0.2, 0.25) is 0 Å². The Bertz CT molecular complexity index is 1360. The number of methoxy groups -OCH3 is 1. The van der Waals surface area contributed by atoms with Gasteiger partial charge < -0.3 is 14.5 Å². The summed E-state index contributed by atoms with van der Waals surface area (Å²) in [6.07, 6.45) is 0.736. The van der Waals surface area contributed by atoms with Crippen molar-refractivity contribution in [3.8, 4) is 0 Å². The molecule has 164 valence electrons. The van der Waals surface area contributed by atoms with E-state index in [1.807, 2.05) is 25.1 Å². The summed E-state index contributed by atoms with van der Waals surface area (Å²) in [5.41, 5.74) is 2.02. The molecule has 2 aromatic heterocycles. The minimum Gasteiger partial charge on any atom is -0.465 e. The number of furan rings is 1. The van der Waals surface area contributed by atoms with Gasteiger partial charge in [-0.05, 0) is 42.8 Å². The molecule has 2 aromatic carbocycles. The highest BCUT2D eigenvalue weighted by Gasteiger charge is 2.18. The van der Waals surface area contributed by atoms with Gasteiger partial charge >= 0.3 is 5.97 Å². The van der Waals surface area contributed by atoms with Crippen LogP contribution in [0.3, 0.4) is 0 Å². The Kier molecular flexibility index (Phi) is 6.27. The zero-order chi connectivity index (χ0) is 22.7. The molecule has 4 rings (SSSR count). The fourth-order valence-corrected chi connectivity index (χ4v) is 4.14. The van der Waals surface area contributed by atoms with E-state index in [0.29, 0.717) is 34.1 Å². The molecule has 0 aliphatic heterocycles. The van der Waals surface area contributed by atoms with Crippen LogP contribution in [-0.2, 0) is 16.1 Å². The Morgan fingerprint density at radius 3 is 2.62 bits per heavy atom. The second-order valence-electron chi connectivity index (χ2n) is 7.03. The number of hydrogen-bond acceptors (Lipinski definition) is 7. The number of thioether (sulfide) groups is 1. The number of ether oxygens (including phenoxy) is 1. The maximum absolute atomic E-state index is 13.0. The fraction of sp³-hybridized carbons (Fsp3) is 0.217. The summed E-state index contributed by atoms with van der Waals surface area (Å²) in [7, 11) is 1.31. The van der Waals surface area contributed by atoms with Crippen LogP contribution in [-0.4, -0.2) is 34.3 Å². The number of aromatic nitrogens is 2. The van der Waals surface area contributed by atoms with Crippen LogP contribution < -0.4 is 10.9 Å². The second-order valence-corrected chi connectivity index (χ2v) is 7.98. The predicted molar refractivity (Wildman–Crippen MR) is 123 cm³/mol. The monoisotopic (exact) mass is 451 g/mol. The highest BCUT2D eigenvalue weighted by Crippen LogP contribution is 2.27. The van der Waals surface area contributed by atoms with E-state index in [9.17, 15) is 14.4 Å². The van der Waals surface area contributed by atoms with Crippen molar-refractivity contribution in [2.24, 2.45) is 0 Å². The van der Waals surface area contributed by atoms with E-state index in [1.165, 1.54) is 18.9 Å². The van der Waals surface area contributed by atoms with Crippen LogP contribution >= 0.6 is 11.8 Å². The number of benzene rings is 2. The van der Waals surface area contributed by atoms with E-state index in [4.69, 9.17) is 4.42 Å². The molecular weight excluding hydrogens is 430 g/mol. The van der Waals surface area contributed by atoms with Gasteiger partial charge in [0, 0.05) is 17.6 Å². The lowest BCUT2D eigenvalue weighted by molar-refractivity contribution is -0.113. The lowest BCUT2D eigenvalue weighted by atomic mass is 10.2. The molecule has 8 nitrogen and oxygen atoms in total. The van der Waals surface area contributed by atoms with Crippen LogP contribution in [0.15, 0.2) is 62.9 Å². The van der Waals surface area contributed by atoms with Crippen LogP contribution in [0.25, 0.3) is 22.1 Å². The largest absolute Gasteiger partial charge is 0.465 e. The average Bonchev–Trinajstić information content (AvgIpc) is 3.19. The van der Waals surface area contributed by atoms with Gasteiger partial charge in [0.25, 0.3) is 5.56 Å². The molecular formula is C23H21N3O5S. The van der Waals surface area contributed by atoms with Crippen molar-refractivity contribution >= 4 is 51.4 Å². The summed E-state index contributed by atoms with van der Waals surface area (Å²) in [6, 6.07) is 13.8. The van der Waals surface area contributed by atoms with Gasteiger partial charge in [-0.3, -0.25) is 14.2 Å². The Morgan fingerprint density at radius 2 is 1.91 bits per heavy atom. The number of esters is 1. The summed E-state index contributed by atoms with van der Waals surface area (Å²) < 4.78 is 12.0. The van der Waals surface area contributed by atoms with Gasteiger partial charge in [0.1, 0.15) is 11.1 Å². The summed E-state index contributed by atoms with van der Waals surface area (Å²) in [5, 5.41) is 4.01. The Morgan fingerprint density at radius 1 is 1.16 bits per heavy atom. The van der Waals surface area contributed by atoms with Crippen LogP contribution in [0.1, 0.15) is 23.7 Å². The summed E-state index contributed by atoms with van der Waals surface area (Å²) in [4.78, 5) is 41.7. The van der Waals surface area contributed by atoms with Crippen molar-refractivity contribution < 1.29 is 18.7 Å². The van der Waals surface area contributed by atoms with Crippen molar-refractivity contribution in [2.45, 2.75) is 25.0 Å². The van der Waals surface area contributed by atoms with E-state index in [0.717, 1.165) is 11.8 Å². The first-order valence-electron chi connectivity index (χ1n) is 10.0. The first-order valence-corrected chi connectivity index (χ1v) is 11.0. The highest BCUT2D eigenvalue weighted by molar-refractivity contribution is 7.99. The average molecular weight is 452 g/mol. The normalized spacial score (nSPS) is 11.1. The van der Waals surface area contributed by atoms with Gasteiger partial charge in [0.05, 0.1) is 18.4 Å². The molecule has 32 heavy (non-hydrogen) atoms. The molecule has 0 saturated heterocycles. The smallest absolute Gasteiger partial charge is 0.337 e. The zero-order valence-corrected chi connectivity index (χ0v) is 18.4. The summed E-state index contributed by atoms with van der Waals surface area (Å²) in [6.45, 7) is 2.44. The van der Waals surface area contributed by atoms with Crippen molar-refractivity contribution in [1.82, 2.24) is 9.55 Å². The maximum Gasteiger partial charge on any atom is 0.337 e. The Labute approximate surface area is 187 Å². The molecule has 4 aromatic rings. The molecule has 0 spiro atoms. The molecule has 0 aliphatic rings. The standard InChI is InChI=1S/C23H21N3O5S/c1-3-12-26-21(28)20-19(16-6-4-5-7-17(16)31-20)25-23(26)32-13-18(27)24-15-10-8-14(9-11-15)22(29)30-2/h4-11H,3,12-13H2,1-2H3,(H,24,27). The topological polar surface area (TPSA) is 103 Å². The molecule has 0 bridgehead atoms. The predicted octanol–water partition coefficient (Wildman–Crippen LogP) is 4.07. The Balaban J connectivity index is 1.56. The third-order valence-electron chi connectivity index (χ3n) is 4.82. The minimum atomic E-state index is -0.444. The van der Waals surface area contributed by atoms with Gasteiger partial charge in [-0.2, -0.15) is 0 Å². The van der Waals surface area contributed by atoms with E-state index < -0.39 is 5.97 Å². The molecule has 0 fully saturated rings. The molecule has 0 radical (unpaired) electrons. The lowest BCUT2D eigenvalue weighted by Gasteiger charge is -2.11. The number of para-hydroxylation sites is 1. The SMILES string of the molecule is CCCn1c(SCC(=O)Nc2ccc(C(=O)OC)cc2)nc2c(oc3ccccc32)c1=O. The lowest BCUT2D eigenvalue weighted by Crippen LogP contribution is -2.23. The van der Waals surface area contributed by atoms with Crippen molar-refractivity contribution in [3.63, 3.8) is 0 Å². The number of nitrogens with zero attached hydrogens (tertiary/aromatic N) is 2. The number of hydrogen-bond donors (Lipinski definition) is 1. The van der Waals surface area contributed by atoms with E-state index in [-0.39, 0.29) is 22.8 Å². The third kappa shape index (κ3) is 4.24. The summed E-state index contributed by atoms with van der Waals surface area (Å²) in [5.74, 6) is -0.633. The number of anilines is 1. The minimum absolute atomic E-state index is 0.0657.